The van der Waals surface area contributed by atoms with E-state index in [1.165, 1.54) is 0 Å². The maximum Gasteiger partial charge on any atom is 0.208 e. The Morgan fingerprint density at radius 2 is 1.84 bits per heavy atom. The summed E-state index contributed by atoms with van der Waals surface area (Å²) < 4.78 is 26.2. The lowest BCUT2D eigenvalue weighted by Gasteiger charge is -2.21. The molecule has 0 fully saturated rings. The number of hydrogen-bond acceptors (Lipinski definition) is 5. The van der Waals surface area contributed by atoms with Crippen molar-refractivity contribution in [1.82, 2.24) is 5.32 Å². The highest BCUT2D eigenvalue weighted by Crippen LogP contribution is 2.36. The fraction of sp³-hybridized carbons (Fsp3) is 0.263. The van der Waals surface area contributed by atoms with Gasteiger partial charge in [-0.15, -0.1) is 0 Å². The Morgan fingerprint density at radius 3 is 2.52 bits per heavy atom. The van der Waals surface area contributed by atoms with Gasteiger partial charge in [-0.3, -0.25) is 9.79 Å². The minimum absolute atomic E-state index is 0.0659. The zero-order valence-electron chi connectivity index (χ0n) is 14.0. The van der Waals surface area contributed by atoms with Crippen molar-refractivity contribution in [2.75, 3.05) is 13.1 Å². The van der Waals surface area contributed by atoms with Crippen LogP contribution in [0.2, 0.25) is 0 Å². The highest BCUT2D eigenvalue weighted by molar-refractivity contribution is 7.91. The minimum Gasteiger partial charge on any atom is -0.368 e. The Bertz CT molecular complexity index is 1040. The lowest BCUT2D eigenvalue weighted by Crippen LogP contribution is -2.23. The number of nitrogens with one attached hydrogen (secondary N) is 1. The van der Waals surface area contributed by atoms with E-state index in [0.29, 0.717) is 17.9 Å². The lowest BCUT2D eigenvalue weighted by atomic mass is 9.95. The standard InChI is InChI=1S/C19H18N2O3S/c1-11(2)12-4-6-16-15(9-12)18(22)14-5-3-13(19-20-7-8-21-19)10-17(14)25(16,23)24/h3-6,9-11H,7-8H2,1-2H3,(H,20,21). The summed E-state index contributed by atoms with van der Waals surface area (Å²) in [4.78, 5) is 17.4. The molecule has 2 aromatic carbocycles. The van der Waals surface area contributed by atoms with Crippen LogP contribution in [0.3, 0.4) is 0 Å². The number of carbonyl (C=O) groups is 1. The fourth-order valence-electron chi connectivity index (χ4n) is 3.25. The molecule has 2 aliphatic heterocycles. The van der Waals surface area contributed by atoms with E-state index in [1.807, 2.05) is 13.8 Å². The molecule has 2 aromatic rings. The number of nitrogens with zero attached hydrogens (tertiary/aromatic N) is 1. The zero-order chi connectivity index (χ0) is 17.8. The molecule has 25 heavy (non-hydrogen) atoms. The van der Waals surface area contributed by atoms with Gasteiger partial charge in [0.15, 0.2) is 5.78 Å². The van der Waals surface area contributed by atoms with Gasteiger partial charge in [-0.2, -0.15) is 0 Å². The van der Waals surface area contributed by atoms with Gasteiger partial charge in [0.05, 0.1) is 16.3 Å². The van der Waals surface area contributed by atoms with Gasteiger partial charge < -0.3 is 5.32 Å². The van der Waals surface area contributed by atoms with E-state index in [0.717, 1.165) is 12.1 Å². The molecule has 0 atom stereocenters. The molecule has 6 heteroatoms. The van der Waals surface area contributed by atoms with Crippen molar-refractivity contribution >= 4 is 21.5 Å². The normalized spacial score (nSPS) is 17.7. The van der Waals surface area contributed by atoms with E-state index in [4.69, 9.17) is 0 Å². The lowest BCUT2D eigenvalue weighted by molar-refractivity contribution is 0.103. The highest BCUT2D eigenvalue weighted by Gasteiger charge is 2.35. The Morgan fingerprint density at radius 1 is 1.04 bits per heavy atom. The molecule has 0 saturated heterocycles. The van der Waals surface area contributed by atoms with Crippen molar-refractivity contribution in [2.24, 2.45) is 4.99 Å². The van der Waals surface area contributed by atoms with Crippen molar-refractivity contribution in [3.8, 4) is 0 Å². The second-order valence-electron chi connectivity index (χ2n) is 6.61. The molecule has 4 rings (SSSR count). The molecule has 0 saturated carbocycles. The molecule has 0 unspecified atom stereocenters. The van der Waals surface area contributed by atoms with Crippen LogP contribution >= 0.6 is 0 Å². The Balaban J connectivity index is 1.92. The number of aliphatic imine (C=N–C) groups is 1. The topological polar surface area (TPSA) is 75.6 Å². The number of carbonyl (C=O) groups excluding carboxylic acids is 1. The average Bonchev–Trinajstić information content (AvgIpc) is 3.13. The van der Waals surface area contributed by atoms with Crippen LogP contribution in [0.15, 0.2) is 51.2 Å². The van der Waals surface area contributed by atoms with Crippen LogP contribution < -0.4 is 5.32 Å². The number of benzene rings is 2. The Labute approximate surface area is 146 Å². The first-order valence-corrected chi connectivity index (χ1v) is 9.74. The van der Waals surface area contributed by atoms with Crippen molar-refractivity contribution in [2.45, 2.75) is 29.6 Å². The van der Waals surface area contributed by atoms with Crippen LogP contribution in [0.4, 0.5) is 0 Å². The summed E-state index contributed by atoms with van der Waals surface area (Å²) in [6.45, 7) is 5.43. The van der Waals surface area contributed by atoms with Crippen LogP contribution in [0.25, 0.3) is 0 Å². The summed E-state index contributed by atoms with van der Waals surface area (Å²) in [6.07, 6.45) is 0. The molecule has 0 bridgehead atoms. The van der Waals surface area contributed by atoms with E-state index in [9.17, 15) is 13.2 Å². The summed E-state index contributed by atoms with van der Waals surface area (Å²) in [6, 6.07) is 9.95. The van der Waals surface area contributed by atoms with Crippen molar-refractivity contribution in [3.05, 3.63) is 58.7 Å². The molecule has 0 amide bonds. The third-order valence-electron chi connectivity index (χ3n) is 4.67. The first-order chi connectivity index (χ1) is 11.9. The molecule has 0 radical (unpaired) electrons. The zero-order valence-corrected chi connectivity index (χ0v) is 14.9. The van der Waals surface area contributed by atoms with E-state index < -0.39 is 9.84 Å². The van der Waals surface area contributed by atoms with Gasteiger partial charge in [0.25, 0.3) is 0 Å². The number of sulfone groups is 1. The smallest absolute Gasteiger partial charge is 0.208 e. The molecule has 128 valence electrons. The van der Waals surface area contributed by atoms with Gasteiger partial charge in [0.2, 0.25) is 9.84 Å². The van der Waals surface area contributed by atoms with Crippen molar-refractivity contribution < 1.29 is 13.2 Å². The second kappa shape index (κ2) is 5.52. The first kappa shape index (κ1) is 16.0. The number of amidine groups is 1. The molecule has 5 nitrogen and oxygen atoms in total. The van der Waals surface area contributed by atoms with Gasteiger partial charge in [0.1, 0.15) is 5.84 Å². The SMILES string of the molecule is CC(C)c1ccc2c(c1)C(=O)c1ccc(C3=NCCN3)cc1S2(=O)=O. The molecule has 2 heterocycles. The third-order valence-corrected chi connectivity index (χ3v) is 6.52. The second-order valence-corrected chi connectivity index (χ2v) is 8.50. The monoisotopic (exact) mass is 354 g/mol. The third kappa shape index (κ3) is 2.40. The Hall–Kier alpha value is -2.47. The molecule has 0 aliphatic carbocycles. The summed E-state index contributed by atoms with van der Waals surface area (Å²) in [7, 11) is -3.73. The average molecular weight is 354 g/mol. The number of fused-ring (bicyclic) bond motifs is 2. The van der Waals surface area contributed by atoms with Crippen LogP contribution in [0.1, 0.15) is 46.8 Å². The van der Waals surface area contributed by atoms with E-state index in [1.54, 1.807) is 36.4 Å². The van der Waals surface area contributed by atoms with Crippen molar-refractivity contribution in [1.29, 1.82) is 0 Å². The fourth-order valence-corrected chi connectivity index (χ4v) is 4.91. The number of hydrogen-bond donors (Lipinski definition) is 1. The first-order valence-electron chi connectivity index (χ1n) is 8.26. The van der Waals surface area contributed by atoms with E-state index in [-0.39, 0.29) is 32.6 Å². The molecule has 0 aromatic heterocycles. The summed E-state index contributed by atoms with van der Waals surface area (Å²) in [5, 5.41) is 3.13. The highest BCUT2D eigenvalue weighted by atomic mass is 32.2. The van der Waals surface area contributed by atoms with E-state index >= 15 is 0 Å². The van der Waals surface area contributed by atoms with Gasteiger partial charge in [-0.25, -0.2) is 8.42 Å². The van der Waals surface area contributed by atoms with Crippen LogP contribution in [-0.4, -0.2) is 33.1 Å². The molecular formula is C19H18N2O3S. The number of rotatable bonds is 2. The summed E-state index contributed by atoms with van der Waals surface area (Å²) >= 11 is 0. The number of ketones is 1. The maximum atomic E-state index is 13.1. The molecule has 2 aliphatic rings. The van der Waals surface area contributed by atoms with E-state index in [2.05, 4.69) is 10.3 Å². The Kier molecular flexibility index (Phi) is 3.54. The van der Waals surface area contributed by atoms with Crippen LogP contribution in [0.5, 0.6) is 0 Å². The van der Waals surface area contributed by atoms with Gasteiger partial charge >= 0.3 is 0 Å². The van der Waals surface area contributed by atoms with Crippen LogP contribution in [0, 0.1) is 0 Å². The van der Waals surface area contributed by atoms with Gasteiger partial charge in [-0.1, -0.05) is 26.0 Å². The van der Waals surface area contributed by atoms with Crippen LogP contribution in [-0.2, 0) is 9.84 Å². The quantitative estimate of drug-likeness (QED) is 0.767. The van der Waals surface area contributed by atoms with Gasteiger partial charge in [-0.05, 0) is 35.7 Å². The minimum atomic E-state index is -3.73. The summed E-state index contributed by atoms with van der Waals surface area (Å²) in [5.41, 5.74) is 2.14. The molecular weight excluding hydrogens is 336 g/mol. The predicted octanol–water partition coefficient (Wildman–Crippen LogP) is 2.54. The van der Waals surface area contributed by atoms with Gasteiger partial charge in [0, 0.05) is 23.2 Å². The van der Waals surface area contributed by atoms with Crippen molar-refractivity contribution in [3.63, 3.8) is 0 Å². The maximum absolute atomic E-state index is 13.1. The molecule has 1 N–H and O–H groups in total. The summed E-state index contributed by atoms with van der Waals surface area (Å²) in [5.74, 6) is 0.651. The molecule has 0 spiro atoms. The predicted molar refractivity (Wildman–Crippen MR) is 95.3 cm³/mol. The largest absolute Gasteiger partial charge is 0.368 e.